The van der Waals surface area contributed by atoms with Gasteiger partial charge in [0.15, 0.2) is 0 Å². The van der Waals surface area contributed by atoms with Gasteiger partial charge in [-0.1, -0.05) is 30.3 Å². The van der Waals surface area contributed by atoms with E-state index < -0.39 is 11.2 Å². The van der Waals surface area contributed by atoms with Gasteiger partial charge < -0.3 is 10.6 Å². The van der Waals surface area contributed by atoms with Gasteiger partial charge in [-0.05, 0) is 37.6 Å². The van der Waals surface area contributed by atoms with Crippen molar-refractivity contribution in [3.8, 4) is 0 Å². The van der Waals surface area contributed by atoms with Crippen LogP contribution in [-0.4, -0.2) is 11.8 Å². The number of amides is 2. The lowest BCUT2D eigenvalue weighted by molar-refractivity contribution is -0.120. The van der Waals surface area contributed by atoms with Crippen molar-refractivity contribution in [1.82, 2.24) is 0 Å². The highest BCUT2D eigenvalue weighted by Crippen LogP contribution is 2.27. The summed E-state index contributed by atoms with van der Waals surface area (Å²) in [5.41, 5.74) is 0.463. The monoisotopic (exact) mass is 314 g/mol. The average molecular weight is 314 g/mol. The van der Waals surface area contributed by atoms with Crippen LogP contribution < -0.4 is 10.6 Å². The molecule has 0 atom stereocenters. The average Bonchev–Trinajstić information content (AvgIpc) is 2.51. The fourth-order valence-electron chi connectivity index (χ4n) is 2.17. The third-order valence-corrected chi connectivity index (χ3v) is 3.60. The zero-order valence-corrected chi connectivity index (χ0v) is 13.3. The standard InChI is InChI=1S/C18H19FN2O2/c1-12(22)20-14-9-10-15(19)16(11-14)21-17(23)18(2,3)13-7-5-4-6-8-13/h4-11H,1-3H3,(H,20,22)(H,21,23). The fraction of sp³-hybridized carbons (Fsp3) is 0.222. The van der Waals surface area contributed by atoms with Gasteiger partial charge in [0.25, 0.3) is 0 Å². The minimum absolute atomic E-state index is 0.0326. The third kappa shape index (κ3) is 3.94. The van der Waals surface area contributed by atoms with E-state index >= 15 is 0 Å². The van der Waals surface area contributed by atoms with Crippen LogP contribution in [0.15, 0.2) is 48.5 Å². The topological polar surface area (TPSA) is 58.2 Å². The molecule has 0 bridgehead atoms. The molecular weight excluding hydrogens is 295 g/mol. The van der Waals surface area contributed by atoms with Gasteiger partial charge in [-0.25, -0.2) is 4.39 Å². The molecule has 0 heterocycles. The van der Waals surface area contributed by atoms with E-state index in [0.717, 1.165) is 5.56 Å². The summed E-state index contributed by atoms with van der Waals surface area (Å²) < 4.78 is 13.9. The van der Waals surface area contributed by atoms with Gasteiger partial charge in [-0.2, -0.15) is 0 Å². The van der Waals surface area contributed by atoms with Crippen LogP contribution in [0.5, 0.6) is 0 Å². The van der Waals surface area contributed by atoms with Gasteiger partial charge in [0.05, 0.1) is 11.1 Å². The Hall–Kier alpha value is -2.69. The van der Waals surface area contributed by atoms with E-state index in [1.165, 1.54) is 25.1 Å². The van der Waals surface area contributed by atoms with Crippen LogP contribution in [-0.2, 0) is 15.0 Å². The van der Waals surface area contributed by atoms with Crippen molar-refractivity contribution in [2.24, 2.45) is 0 Å². The van der Waals surface area contributed by atoms with Gasteiger partial charge >= 0.3 is 0 Å². The molecule has 2 rings (SSSR count). The van der Waals surface area contributed by atoms with Gasteiger partial charge in [0, 0.05) is 12.6 Å². The molecule has 4 nitrogen and oxygen atoms in total. The van der Waals surface area contributed by atoms with Crippen molar-refractivity contribution < 1.29 is 14.0 Å². The van der Waals surface area contributed by atoms with Crippen molar-refractivity contribution in [3.05, 3.63) is 59.9 Å². The molecule has 0 radical (unpaired) electrons. The molecule has 0 aliphatic carbocycles. The Morgan fingerprint density at radius 3 is 2.26 bits per heavy atom. The van der Waals surface area contributed by atoms with Crippen LogP contribution in [0, 0.1) is 5.82 Å². The maximum absolute atomic E-state index is 13.9. The van der Waals surface area contributed by atoms with E-state index in [1.807, 2.05) is 30.3 Å². The number of nitrogens with one attached hydrogen (secondary N) is 2. The largest absolute Gasteiger partial charge is 0.326 e. The van der Waals surface area contributed by atoms with Gasteiger partial charge in [0.2, 0.25) is 11.8 Å². The minimum Gasteiger partial charge on any atom is -0.326 e. The van der Waals surface area contributed by atoms with Crippen molar-refractivity contribution in [2.75, 3.05) is 10.6 Å². The molecular formula is C18H19FN2O2. The Morgan fingerprint density at radius 1 is 1.00 bits per heavy atom. The first-order valence-corrected chi connectivity index (χ1v) is 7.25. The van der Waals surface area contributed by atoms with Crippen molar-refractivity contribution in [2.45, 2.75) is 26.2 Å². The first kappa shape index (κ1) is 16.7. The van der Waals surface area contributed by atoms with Crippen LogP contribution >= 0.6 is 0 Å². The van der Waals surface area contributed by atoms with Gasteiger partial charge in [0.1, 0.15) is 5.82 Å². The molecule has 2 aromatic carbocycles. The lowest BCUT2D eigenvalue weighted by atomic mass is 9.83. The molecule has 0 aliphatic rings. The highest BCUT2D eigenvalue weighted by atomic mass is 19.1. The Labute approximate surface area is 134 Å². The molecule has 0 saturated heterocycles. The molecule has 0 aliphatic heterocycles. The van der Waals surface area contributed by atoms with Crippen LogP contribution in [0.4, 0.5) is 15.8 Å². The van der Waals surface area contributed by atoms with Gasteiger partial charge in [-0.3, -0.25) is 9.59 Å². The highest BCUT2D eigenvalue weighted by Gasteiger charge is 2.30. The summed E-state index contributed by atoms with van der Waals surface area (Å²) in [5.74, 6) is -1.16. The summed E-state index contributed by atoms with van der Waals surface area (Å²) in [6.07, 6.45) is 0. The first-order chi connectivity index (χ1) is 10.8. The number of rotatable bonds is 4. The molecule has 0 spiro atoms. The summed E-state index contributed by atoms with van der Waals surface area (Å²) in [7, 11) is 0. The van der Waals surface area contributed by atoms with E-state index in [1.54, 1.807) is 13.8 Å². The van der Waals surface area contributed by atoms with Crippen molar-refractivity contribution in [3.63, 3.8) is 0 Å². The van der Waals surface area contributed by atoms with Crippen LogP contribution in [0.1, 0.15) is 26.3 Å². The number of hydrogen-bond acceptors (Lipinski definition) is 2. The van der Waals surface area contributed by atoms with Crippen LogP contribution in [0.2, 0.25) is 0 Å². The first-order valence-electron chi connectivity index (χ1n) is 7.25. The summed E-state index contributed by atoms with van der Waals surface area (Å²) in [5, 5.41) is 5.16. The maximum atomic E-state index is 13.9. The third-order valence-electron chi connectivity index (χ3n) is 3.60. The summed E-state index contributed by atoms with van der Waals surface area (Å²) in [4.78, 5) is 23.6. The van der Waals surface area contributed by atoms with Crippen LogP contribution in [0.25, 0.3) is 0 Å². The Morgan fingerprint density at radius 2 is 1.65 bits per heavy atom. The number of carbonyl (C=O) groups is 2. The van der Waals surface area contributed by atoms with E-state index in [0.29, 0.717) is 5.69 Å². The zero-order chi connectivity index (χ0) is 17.0. The highest BCUT2D eigenvalue weighted by molar-refractivity contribution is 5.99. The maximum Gasteiger partial charge on any atom is 0.234 e. The normalized spacial score (nSPS) is 11.0. The minimum atomic E-state index is -0.822. The Balaban J connectivity index is 2.24. The van der Waals surface area contributed by atoms with E-state index in [-0.39, 0.29) is 17.5 Å². The number of carbonyl (C=O) groups excluding carboxylic acids is 2. The van der Waals surface area contributed by atoms with Crippen LogP contribution in [0.3, 0.4) is 0 Å². The molecule has 120 valence electrons. The second-order valence-electron chi connectivity index (χ2n) is 5.82. The van der Waals surface area contributed by atoms with Crippen molar-refractivity contribution in [1.29, 1.82) is 0 Å². The number of anilines is 2. The zero-order valence-electron chi connectivity index (χ0n) is 13.3. The lowest BCUT2D eigenvalue weighted by Gasteiger charge is -2.24. The molecule has 0 saturated carbocycles. The SMILES string of the molecule is CC(=O)Nc1ccc(F)c(NC(=O)C(C)(C)c2ccccc2)c1. The fourth-order valence-corrected chi connectivity index (χ4v) is 2.17. The molecule has 2 aromatic rings. The Kier molecular flexibility index (Phi) is 4.79. The predicted molar refractivity (Wildman–Crippen MR) is 88.8 cm³/mol. The predicted octanol–water partition coefficient (Wildman–Crippen LogP) is 3.70. The second kappa shape index (κ2) is 6.60. The summed E-state index contributed by atoms with van der Waals surface area (Å²) in [6, 6.07) is 13.3. The smallest absolute Gasteiger partial charge is 0.234 e. The van der Waals surface area contributed by atoms with Gasteiger partial charge in [-0.15, -0.1) is 0 Å². The Bertz CT molecular complexity index is 727. The molecule has 0 unspecified atom stereocenters. The summed E-state index contributed by atoms with van der Waals surface area (Å²) in [6.45, 7) is 4.90. The molecule has 0 aromatic heterocycles. The van der Waals surface area contributed by atoms with E-state index in [2.05, 4.69) is 10.6 Å². The number of halogens is 1. The second-order valence-corrected chi connectivity index (χ2v) is 5.82. The molecule has 23 heavy (non-hydrogen) atoms. The lowest BCUT2D eigenvalue weighted by Crippen LogP contribution is -2.35. The number of benzene rings is 2. The quantitative estimate of drug-likeness (QED) is 0.904. The molecule has 5 heteroatoms. The van der Waals surface area contributed by atoms with E-state index in [4.69, 9.17) is 0 Å². The molecule has 0 fully saturated rings. The van der Waals surface area contributed by atoms with E-state index in [9.17, 15) is 14.0 Å². The molecule has 2 amide bonds. The number of hydrogen-bond donors (Lipinski definition) is 2. The molecule has 2 N–H and O–H groups in total. The summed E-state index contributed by atoms with van der Waals surface area (Å²) >= 11 is 0. The van der Waals surface area contributed by atoms with Crippen molar-refractivity contribution >= 4 is 23.2 Å².